The monoisotopic (exact) mass is 333 g/mol. The Morgan fingerprint density at radius 3 is 2.25 bits per heavy atom. The Morgan fingerprint density at radius 2 is 1.75 bits per heavy atom. The van der Waals surface area contributed by atoms with E-state index in [4.69, 9.17) is 4.74 Å². The van der Waals surface area contributed by atoms with Crippen molar-refractivity contribution in [1.82, 2.24) is 4.90 Å². The molecule has 1 heterocycles. The zero-order valence-corrected chi connectivity index (χ0v) is 14.7. The van der Waals surface area contributed by atoms with Crippen LogP contribution in [0.5, 0.6) is 0 Å². The Hall–Kier alpha value is -2.04. The number of carboxylic acid groups (broad SMARTS) is 1. The van der Waals surface area contributed by atoms with E-state index in [1.807, 2.05) is 51.1 Å². The van der Waals surface area contributed by atoms with E-state index in [1.165, 1.54) is 0 Å². The smallest absolute Gasteiger partial charge is 0.410 e. The minimum Gasteiger partial charge on any atom is -0.481 e. The van der Waals surface area contributed by atoms with Gasteiger partial charge in [0, 0.05) is 13.1 Å². The van der Waals surface area contributed by atoms with Gasteiger partial charge in [-0.1, -0.05) is 30.3 Å². The lowest BCUT2D eigenvalue weighted by Gasteiger charge is -2.39. The molecule has 0 aromatic heterocycles. The number of hydrogen-bond donors (Lipinski definition) is 1. The van der Waals surface area contributed by atoms with Gasteiger partial charge in [-0.2, -0.15) is 0 Å². The summed E-state index contributed by atoms with van der Waals surface area (Å²) in [6.45, 7) is 6.34. The first-order chi connectivity index (χ1) is 11.2. The molecule has 1 fully saturated rings. The maximum atomic E-state index is 12.1. The van der Waals surface area contributed by atoms with Gasteiger partial charge in [-0.25, -0.2) is 4.79 Å². The highest BCUT2D eigenvalue weighted by Gasteiger charge is 2.42. The van der Waals surface area contributed by atoms with Crippen molar-refractivity contribution in [1.29, 1.82) is 0 Å². The molecule has 1 amide bonds. The number of hydrogen-bond acceptors (Lipinski definition) is 3. The number of aryl methyl sites for hydroxylation is 1. The molecular weight excluding hydrogens is 306 g/mol. The summed E-state index contributed by atoms with van der Waals surface area (Å²) in [6, 6.07) is 9.92. The number of benzene rings is 1. The first kappa shape index (κ1) is 18.3. The van der Waals surface area contributed by atoms with Crippen LogP contribution in [0, 0.1) is 5.41 Å². The second kappa shape index (κ2) is 7.24. The Bertz CT molecular complexity index is 569. The maximum Gasteiger partial charge on any atom is 0.410 e. The van der Waals surface area contributed by atoms with E-state index in [0.29, 0.717) is 32.4 Å². The normalized spacial score (nSPS) is 17.4. The third-order valence-electron chi connectivity index (χ3n) is 4.56. The molecule has 0 aliphatic carbocycles. The van der Waals surface area contributed by atoms with Gasteiger partial charge in [0.15, 0.2) is 0 Å². The first-order valence-corrected chi connectivity index (χ1v) is 8.47. The van der Waals surface area contributed by atoms with Gasteiger partial charge in [0.1, 0.15) is 5.60 Å². The summed E-state index contributed by atoms with van der Waals surface area (Å²) in [5, 5.41) is 9.74. The van der Waals surface area contributed by atoms with Crippen LogP contribution in [-0.4, -0.2) is 40.8 Å². The van der Waals surface area contributed by atoms with Crippen molar-refractivity contribution >= 4 is 12.1 Å². The van der Waals surface area contributed by atoms with Crippen molar-refractivity contribution in [2.75, 3.05) is 13.1 Å². The predicted molar refractivity (Wildman–Crippen MR) is 91.9 cm³/mol. The van der Waals surface area contributed by atoms with Crippen LogP contribution in [0.3, 0.4) is 0 Å². The third-order valence-corrected chi connectivity index (χ3v) is 4.56. The number of carbonyl (C=O) groups excluding carboxylic acids is 1. The Balaban J connectivity index is 1.96. The topological polar surface area (TPSA) is 66.8 Å². The minimum absolute atomic E-state index is 0.357. The van der Waals surface area contributed by atoms with Gasteiger partial charge in [-0.3, -0.25) is 4.79 Å². The third kappa shape index (κ3) is 4.73. The molecule has 2 rings (SSSR count). The molecule has 0 spiro atoms. The van der Waals surface area contributed by atoms with Gasteiger partial charge in [0.05, 0.1) is 5.41 Å². The molecule has 1 aliphatic heterocycles. The number of likely N-dealkylation sites (tertiary alicyclic amines) is 1. The largest absolute Gasteiger partial charge is 0.481 e. The van der Waals surface area contributed by atoms with Crippen molar-refractivity contribution in [3.8, 4) is 0 Å². The van der Waals surface area contributed by atoms with Gasteiger partial charge in [0.2, 0.25) is 0 Å². The molecule has 132 valence electrons. The summed E-state index contributed by atoms with van der Waals surface area (Å²) < 4.78 is 5.37. The molecule has 1 aromatic carbocycles. The number of piperidine rings is 1. The van der Waals surface area contributed by atoms with Crippen LogP contribution >= 0.6 is 0 Å². The number of aliphatic carboxylic acids is 1. The molecule has 5 nitrogen and oxygen atoms in total. The van der Waals surface area contributed by atoms with Crippen LogP contribution in [0.4, 0.5) is 4.79 Å². The number of carbonyl (C=O) groups is 2. The molecule has 0 saturated carbocycles. The molecule has 5 heteroatoms. The van der Waals surface area contributed by atoms with Crippen LogP contribution in [0.25, 0.3) is 0 Å². The summed E-state index contributed by atoms with van der Waals surface area (Å²) in [5.74, 6) is -0.762. The van der Waals surface area contributed by atoms with Gasteiger partial charge < -0.3 is 14.7 Å². The highest BCUT2D eigenvalue weighted by Crippen LogP contribution is 2.37. The lowest BCUT2D eigenvalue weighted by atomic mass is 9.74. The number of carboxylic acids is 1. The molecule has 1 N–H and O–H groups in total. The molecule has 0 bridgehead atoms. The first-order valence-electron chi connectivity index (χ1n) is 8.47. The van der Waals surface area contributed by atoms with E-state index in [0.717, 1.165) is 12.0 Å². The number of ether oxygens (including phenoxy) is 1. The van der Waals surface area contributed by atoms with E-state index in [1.54, 1.807) is 4.90 Å². The second-order valence-corrected chi connectivity index (χ2v) is 7.54. The van der Waals surface area contributed by atoms with Crippen LogP contribution < -0.4 is 0 Å². The molecule has 0 unspecified atom stereocenters. The molecule has 1 aliphatic rings. The van der Waals surface area contributed by atoms with Gasteiger partial charge in [0.25, 0.3) is 0 Å². The summed E-state index contributed by atoms with van der Waals surface area (Å²) in [4.78, 5) is 25.6. The van der Waals surface area contributed by atoms with Crippen LogP contribution in [0.1, 0.15) is 45.6 Å². The molecule has 0 atom stereocenters. The minimum atomic E-state index is -0.762. The zero-order valence-electron chi connectivity index (χ0n) is 14.7. The SMILES string of the molecule is CC(C)(C)OC(=O)N1CCC(CCc2ccccc2)(C(=O)O)CC1. The van der Waals surface area contributed by atoms with Crippen LogP contribution in [-0.2, 0) is 16.0 Å². The van der Waals surface area contributed by atoms with E-state index < -0.39 is 17.0 Å². The average Bonchev–Trinajstić information content (AvgIpc) is 2.52. The zero-order chi connectivity index (χ0) is 17.8. The highest BCUT2D eigenvalue weighted by atomic mass is 16.6. The van der Waals surface area contributed by atoms with Gasteiger partial charge in [-0.15, -0.1) is 0 Å². The van der Waals surface area contributed by atoms with Gasteiger partial charge >= 0.3 is 12.1 Å². The molecule has 1 aromatic rings. The average molecular weight is 333 g/mol. The van der Waals surface area contributed by atoms with Crippen LogP contribution in [0.2, 0.25) is 0 Å². The molecular formula is C19H27NO4. The Kier molecular flexibility index (Phi) is 5.52. The van der Waals surface area contributed by atoms with Crippen molar-refractivity contribution in [3.05, 3.63) is 35.9 Å². The van der Waals surface area contributed by atoms with E-state index in [9.17, 15) is 14.7 Å². The molecule has 24 heavy (non-hydrogen) atoms. The summed E-state index contributed by atoms with van der Waals surface area (Å²) in [7, 11) is 0. The Labute approximate surface area is 143 Å². The van der Waals surface area contributed by atoms with Crippen molar-refractivity contribution in [2.24, 2.45) is 5.41 Å². The number of amides is 1. The fourth-order valence-electron chi connectivity index (χ4n) is 3.04. The van der Waals surface area contributed by atoms with E-state index in [2.05, 4.69) is 0 Å². The fourth-order valence-corrected chi connectivity index (χ4v) is 3.04. The predicted octanol–water partition coefficient (Wildman–Crippen LogP) is 3.72. The maximum absolute atomic E-state index is 12.1. The van der Waals surface area contributed by atoms with E-state index >= 15 is 0 Å². The van der Waals surface area contributed by atoms with Gasteiger partial charge in [-0.05, 0) is 52.0 Å². The summed E-state index contributed by atoms with van der Waals surface area (Å²) in [6.07, 6.45) is 1.90. The molecule has 1 saturated heterocycles. The standard InChI is InChI=1S/C19H27NO4/c1-18(2,3)24-17(23)20-13-11-19(12-14-20,16(21)22)10-9-15-7-5-4-6-8-15/h4-8H,9-14H2,1-3H3,(H,21,22). The second-order valence-electron chi connectivity index (χ2n) is 7.54. The highest BCUT2D eigenvalue weighted by molar-refractivity contribution is 5.75. The van der Waals surface area contributed by atoms with Crippen molar-refractivity contribution < 1.29 is 19.4 Å². The number of nitrogens with zero attached hydrogens (tertiary/aromatic N) is 1. The molecule has 0 radical (unpaired) electrons. The summed E-state index contributed by atoms with van der Waals surface area (Å²) in [5.41, 5.74) is -0.146. The fraction of sp³-hybridized carbons (Fsp3) is 0.579. The van der Waals surface area contributed by atoms with Crippen molar-refractivity contribution in [2.45, 2.75) is 52.1 Å². The number of rotatable bonds is 4. The van der Waals surface area contributed by atoms with Crippen LogP contribution in [0.15, 0.2) is 30.3 Å². The Morgan fingerprint density at radius 1 is 1.17 bits per heavy atom. The quantitative estimate of drug-likeness (QED) is 0.912. The lowest BCUT2D eigenvalue weighted by molar-refractivity contribution is -0.152. The van der Waals surface area contributed by atoms with E-state index in [-0.39, 0.29) is 6.09 Å². The van der Waals surface area contributed by atoms with Crippen molar-refractivity contribution in [3.63, 3.8) is 0 Å². The summed E-state index contributed by atoms with van der Waals surface area (Å²) >= 11 is 0. The lowest BCUT2D eigenvalue weighted by Crippen LogP contribution is -2.48.